The molecule has 0 fully saturated rings. The number of hydrogen-bond acceptors (Lipinski definition) is 4. The summed E-state index contributed by atoms with van der Waals surface area (Å²) in [5.74, 6) is 0.811. The average molecular weight is 365 g/mol. The van der Waals surface area contributed by atoms with E-state index in [0.717, 1.165) is 34.8 Å². The third kappa shape index (κ3) is 4.77. The largest absolute Gasteiger partial charge is 0.490 e. The SMILES string of the molecule is CCOC/C=C\COc1ccc2c(c1)/C(=N/OC(C)(C)C)c1ccccc1-2. The van der Waals surface area contributed by atoms with E-state index in [1.165, 1.54) is 5.56 Å². The Kier molecular flexibility index (Phi) is 5.97. The van der Waals surface area contributed by atoms with E-state index in [9.17, 15) is 0 Å². The molecule has 0 spiro atoms. The first-order chi connectivity index (χ1) is 13.0. The van der Waals surface area contributed by atoms with Gasteiger partial charge in [-0.1, -0.05) is 35.5 Å². The first-order valence-electron chi connectivity index (χ1n) is 9.35. The van der Waals surface area contributed by atoms with Crippen LogP contribution in [0.4, 0.5) is 0 Å². The van der Waals surface area contributed by atoms with Crippen molar-refractivity contribution in [1.82, 2.24) is 0 Å². The molecule has 0 heterocycles. The first kappa shape index (κ1) is 19.2. The van der Waals surface area contributed by atoms with Crippen LogP contribution in [0.2, 0.25) is 0 Å². The van der Waals surface area contributed by atoms with Crippen LogP contribution in [0.25, 0.3) is 11.1 Å². The smallest absolute Gasteiger partial charge is 0.129 e. The lowest BCUT2D eigenvalue weighted by molar-refractivity contribution is 0.00121. The highest BCUT2D eigenvalue weighted by Crippen LogP contribution is 2.39. The monoisotopic (exact) mass is 365 g/mol. The van der Waals surface area contributed by atoms with E-state index >= 15 is 0 Å². The van der Waals surface area contributed by atoms with Crippen molar-refractivity contribution in [3.63, 3.8) is 0 Å². The van der Waals surface area contributed by atoms with Gasteiger partial charge in [0.15, 0.2) is 0 Å². The molecule has 0 saturated carbocycles. The topological polar surface area (TPSA) is 40.0 Å². The number of fused-ring (bicyclic) bond motifs is 3. The highest BCUT2D eigenvalue weighted by atomic mass is 16.6. The molecule has 142 valence electrons. The Morgan fingerprint density at radius 1 is 0.889 bits per heavy atom. The number of benzene rings is 2. The number of oxime groups is 1. The summed E-state index contributed by atoms with van der Waals surface area (Å²) in [7, 11) is 0. The van der Waals surface area contributed by atoms with Crippen LogP contribution < -0.4 is 4.74 Å². The van der Waals surface area contributed by atoms with Crippen LogP contribution in [0, 0.1) is 0 Å². The fourth-order valence-corrected chi connectivity index (χ4v) is 2.86. The number of ether oxygens (including phenoxy) is 2. The molecular weight excluding hydrogens is 338 g/mol. The van der Waals surface area contributed by atoms with E-state index in [4.69, 9.17) is 14.3 Å². The van der Waals surface area contributed by atoms with Crippen LogP contribution in [0.1, 0.15) is 38.8 Å². The van der Waals surface area contributed by atoms with Gasteiger partial charge in [-0.05, 0) is 63.1 Å². The van der Waals surface area contributed by atoms with E-state index in [2.05, 4.69) is 23.4 Å². The van der Waals surface area contributed by atoms with Gasteiger partial charge < -0.3 is 14.3 Å². The standard InChI is InChI=1S/C23H27NO3/c1-5-25-14-8-9-15-26-17-12-13-19-18-10-6-7-11-20(18)22(21(19)16-17)24-27-23(2,3)4/h6-13,16H,5,14-15H2,1-4H3/b9-8-,24-22+. The van der Waals surface area contributed by atoms with Gasteiger partial charge in [0.05, 0.1) is 6.61 Å². The molecule has 0 aromatic heterocycles. The van der Waals surface area contributed by atoms with Gasteiger partial charge in [-0.3, -0.25) is 0 Å². The number of rotatable bonds is 7. The van der Waals surface area contributed by atoms with Gasteiger partial charge in [0.2, 0.25) is 0 Å². The van der Waals surface area contributed by atoms with Crippen LogP contribution in [-0.4, -0.2) is 31.1 Å². The van der Waals surface area contributed by atoms with Gasteiger partial charge in [0.25, 0.3) is 0 Å². The van der Waals surface area contributed by atoms with Crippen molar-refractivity contribution < 1.29 is 14.3 Å². The van der Waals surface area contributed by atoms with Crippen molar-refractivity contribution in [2.75, 3.05) is 19.8 Å². The molecule has 4 heteroatoms. The van der Waals surface area contributed by atoms with Gasteiger partial charge in [-0.25, -0.2) is 0 Å². The third-order valence-corrected chi connectivity index (χ3v) is 4.06. The quantitative estimate of drug-likeness (QED) is 0.328. The van der Waals surface area contributed by atoms with Crippen LogP contribution in [0.15, 0.2) is 59.8 Å². The summed E-state index contributed by atoms with van der Waals surface area (Å²) in [5, 5.41) is 4.48. The molecule has 27 heavy (non-hydrogen) atoms. The maximum absolute atomic E-state index is 5.87. The van der Waals surface area contributed by atoms with Gasteiger partial charge >= 0.3 is 0 Å². The third-order valence-electron chi connectivity index (χ3n) is 4.06. The van der Waals surface area contributed by atoms with E-state index in [1.807, 2.05) is 64.1 Å². The van der Waals surface area contributed by atoms with Crippen molar-refractivity contribution in [3.8, 4) is 16.9 Å². The number of hydrogen-bond donors (Lipinski definition) is 0. The minimum absolute atomic E-state index is 0.343. The van der Waals surface area contributed by atoms with E-state index < -0.39 is 0 Å². The molecule has 4 nitrogen and oxygen atoms in total. The molecule has 0 amide bonds. The van der Waals surface area contributed by atoms with Crippen LogP contribution in [0.5, 0.6) is 5.75 Å². The van der Waals surface area contributed by atoms with Crippen LogP contribution >= 0.6 is 0 Å². The van der Waals surface area contributed by atoms with Crippen molar-refractivity contribution in [2.45, 2.75) is 33.3 Å². The van der Waals surface area contributed by atoms with E-state index in [1.54, 1.807) is 0 Å². The Hall–Kier alpha value is -2.59. The normalized spacial score (nSPS) is 14.4. The summed E-state index contributed by atoms with van der Waals surface area (Å²) in [6, 6.07) is 14.4. The fourth-order valence-electron chi connectivity index (χ4n) is 2.86. The molecule has 0 N–H and O–H groups in total. The molecule has 0 bridgehead atoms. The minimum atomic E-state index is -0.343. The second-order valence-electron chi connectivity index (χ2n) is 7.34. The van der Waals surface area contributed by atoms with Gasteiger partial charge in [-0.2, -0.15) is 0 Å². The maximum Gasteiger partial charge on any atom is 0.129 e. The van der Waals surface area contributed by atoms with E-state index in [-0.39, 0.29) is 5.60 Å². The highest BCUT2D eigenvalue weighted by Gasteiger charge is 2.26. The van der Waals surface area contributed by atoms with Crippen molar-refractivity contribution in [3.05, 3.63) is 65.7 Å². The zero-order valence-corrected chi connectivity index (χ0v) is 16.5. The Balaban J connectivity index is 1.83. The molecule has 2 aromatic carbocycles. The average Bonchev–Trinajstić information content (AvgIpc) is 2.95. The summed E-state index contributed by atoms with van der Waals surface area (Å²) >= 11 is 0. The minimum Gasteiger partial charge on any atom is -0.490 e. The molecule has 0 atom stereocenters. The lowest BCUT2D eigenvalue weighted by atomic mass is 10.1. The predicted molar refractivity (Wildman–Crippen MR) is 109 cm³/mol. The van der Waals surface area contributed by atoms with Crippen molar-refractivity contribution in [1.29, 1.82) is 0 Å². The number of nitrogens with zero attached hydrogens (tertiary/aromatic N) is 1. The molecule has 1 aliphatic carbocycles. The molecular formula is C23H27NO3. The summed E-state index contributed by atoms with van der Waals surface area (Å²) < 4.78 is 11.1. The lowest BCUT2D eigenvalue weighted by Gasteiger charge is -2.16. The second kappa shape index (κ2) is 8.40. The summed E-state index contributed by atoms with van der Waals surface area (Å²) in [6.45, 7) is 9.79. The summed E-state index contributed by atoms with van der Waals surface area (Å²) in [4.78, 5) is 5.72. The van der Waals surface area contributed by atoms with Crippen molar-refractivity contribution in [2.24, 2.45) is 5.16 Å². The van der Waals surface area contributed by atoms with Crippen molar-refractivity contribution >= 4 is 5.71 Å². The van der Waals surface area contributed by atoms with Crippen LogP contribution in [-0.2, 0) is 9.57 Å². The summed E-state index contributed by atoms with van der Waals surface area (Å²) in [6.07, 6.45) is 3.94. The highest BCUT2D eigenvalue weighted by molar-refractivity contribution is 6.24. The molecule has 0 radical (unpaired) electrons. The predicted octanol–water partition coefficient (Wildman–Crippen LogP) is 5.21. The van der Waals surface area contributed by atoms with Gasteiger partial charge in [0.1, 0.15) is 23.7 Å². The zero-order valence-electron chi connectivity index (χ0n) is 16.5. The molecule has 0 saturated heterocycles. The molecule has 2 aromatic rings. The lowest BCUT2D eigenvalue weighted by Crippen LogP contribution is -2.17. The molecule has 1 aliphatic rings. The zero-order chi connectivity index (χ0) is 19.3. The summed E-state index contributed by atoms with van der Waals surface area (Å²) in [5.41, 5.74) is 4.96. The van der Waals surface area contributed by atoms with Gasteiger partial charge in [-0.15, -0.1) is 0 Å². The van der Waals surface area contributed by atoms with Crippen LogP contribution in [0.3, 0.4) is 0 Å². The Bertz CT molecular complexity index is 847. The Morgan fingerprint density at radius 3 is 2.33 bits per heavy atom. The van der Waals surface area contributed by atoms with E-state index in [0.29, 0.717) is 13.2 Å². The molecule has 0 unspecified atom stereocenters. The molecule has 0 aliphatic heterocycles. The molecule has 3 rings (SSSR count). The first-order valence-corrected chi connectivity index (χ1v) is 9.35. The maximum atomic E-state index is 5.87. The van der Waals surface area contributed by atoms with Gasteiger partial charge in [0, 0.05) is 17.7 Å². The Labute approximate surface area is 161 Å². The Morgan fingerprint density at radius 2 is 1.59 bits per heavy atom. The fraction of sp³-hybridized carbons (Fsp3) is 0.348. The second-order valence-corrected chi connectivity index (χ2v) is 7.34.